The summed E-state index contributed by atoms with van der Waals surface area (Å²) in [5, 5.41) is 10.5. The number of halogens is 3. The number of nitro groups is 1. The van der Waals surface area contributed by atoms with Crippen molar-refractivity contribution in [2.75, 3.05) is 5.33 Å². The number of ketones is 1. The molecular weight excluding hydrogens is 337 g/mol. The SMILES string of the molecule is O=C(CBr)c1cc(Br)cc(F)c1[N+](=O)[O-]. The number of nitrogens with zero attached hydrogens (tertiary/aromatic N) is 1. The molecule has 0 aromatic heterocycles. The fourth-order valence-corrected chi connectivity index (χ4v) is 1.77. The standard InChI is InChI=1S/C8H4Br2FNO3/c9-3-7(13)5-1-4(10)2-6(11)8(5)12(14)15/h1-2H,3H2. The summed E-state index contributed by atoms with van der Waals surface area (Å²) in [7, 11) is 0. The summed E-state index contributed by atoms with van der Waals surface area (Å²) >= 11 is 5.84. The molecule has 1 aromatic carbocycles. The molecule has 0 amide bonds. The third-order valence-electron chi connectivity index (χ3n) is 1.63. The molecule has 0 spiro atoms. The van der Waals surface area contributed by atoms with E-state index in [-0.39, 0.29) is 15.4 Å². The lowest BCUT2D eigenvalue weighted by atomic mass is 10.1. The number of benzene rings is 1. The van der Waals surface area contributed by atoms with E-state index < -0.39 is 22.2 Å². The van der Waals surface area contributed by atoms with Crippen LogP contribution in [0.1, 0.15) is 10.4 Å². The highest BCUT2D eigenvalue weighted by atomic mass is 79.9. The topological polar surface area (TPSA) is 60.2 Å². The lowest BCUT2D eigenvalue weighted by molar-refractivity contribution is -0.387. The third kappa shape index (κ3) is 2.60. The number of nitro benzene ring substituents is 1. The Balaban J connectivity index is 3.46. The van der Waals surface area contributed by atoms with E-state index in [4.69, 9.17) is 0 Å². The molecule has 0 bridgehead atoms. The second kappa shape index (κ2) is 4.80. The zero-order chi connectivity index (χ0) is 11.6. The highest BCUT2D eigenvalue weighted by Crippen LogP contribution is 2.27. The van der Waals surface area contributed by atoms with Crippen LogP contribution >= 0.6 is 31.9 Å². The first-order valence-corrected chi connectivity index (χ1v) is 5.61. The minimum absolute atomic E-state index is 0.0935. The van der Waals surface area contributed by atoms with Crippen LogP contribution in [0.2, 0.25) is 0 Å². The molecule has 1 aromatic rings. The van der Waals surface area contributed by atoms with Crippen LogP contribution in [0.5, 0.6) is 0 Å². The minimum Gasteiger partial charge on any atom is -0.293 e. The molecule has 80 valence electrons. The Morgan fingerprint density at radius 2 is 2.13 bits per heavy atom. The van der Waals surface area contributed by atoms with Crippen molar-refractivity contribution in [1.82, 2.24) is 0 Å². The predicted octanol–water partition coefficient (Wildman–Crippen LogP) is 3.07. The van der Waals surface area contributed by atoms with Crippen LogP contribution in [-0.4, -0.2) is 16.0 Å². The molecule has 0 N–H and O–H groups in total. The van der Waals surface area contributed by atoms with E-state index in [0.29, 0.717) is 0 Å². The number of rotatable bonds is 3. The average Bonchev–Trinajstić information content (AvgIpc) is 2.14. The molecule has 1 rings (SSSR count). The van der Waals surface area contributed by atoms with Crippen LogP contribution < -0.4 is 0 Å². The van der Waals surface area contributed by atoms with Crippen molar-refractivity contribution in [2.24, 2.45) is 0 Å². The fraction of sp³-hybridized carbons (Fsp3) is 0.125. The molecule has 15 heavy (non-hydrogen) atoms. The Morgan fingerprint density at radius 3 is 2.60 bits per heavy atom. The zero-order valence-corrected chi connectivity index (χ0v) is 10.3. The van der Waals surface area contributed by atoms with Crippen molar-refractivity contribution < 1.29 is 14.1 Å². The molecule has 7 heteroatoms. The molecule has 0 aliphatic carbocycles. The maximum absolute atomic E-state index is 13.2. The second-order valence-corrected chi connectivity index (χ2v) is 4.07. The smallest absolute Gasteiger partial charge is 0.293 e. The normalized spacial score (nSPS) is 10.1. The molecule has 0 unspecified atom stereocenters. The van der Waals surface area contributed by atoms with Crippen molar-refractivity contribution in [3.8, 4) is 0 Å². The number of carbonyl (C=O) groups excluding carboxylic acids is 1. The van der Waals surface area contributed by atoms with Gasteiger partial charge in [-0.15, -0.1) is 0 Å². The zero-order valence-electron chi connectivity index (χ0n) is 7.17. The molecule has 0 saturated carbocycles. The summed E-state index contributed by atoms with van der Waals surface area (Å²) in [6.45, 7) is 0. The van der Waals surface area contributed by atoms with Gasteiger partial charge in [-0.1, -0.05) is 31.9 Å². The Morgan fingerprint density at radius 1 is 1.53 bits per heavy atom. The molecular formula is C8H4Br2FNO3. The Kier molecular flexibility index (Phi) is 3.92. The van der Waals surface area contributed by atoms with E-state index in [9.17, 15) is 19.3 Å². The maximum atomic E-state index is 13.2. The van der Waals surface area contributed by atoms with Gasteiger partial charge in [0.1, 0.15) is 5.56 Å². The first kappa shape index (κ1) is 12.3. The lowest BCUT2D eigenvalue weighted by Gasteiger charge is -2.01. The van der Waals surface area contributed by atoms with E-state index >= 15 is 0 Å². The molecule has 0 heterocycles. The molecule has 0 aliphatic heterocycles. The van der Waals surface area contributed by atoms with Gasteiger partial charge in [0.25, 0.3) is 0 Å². The summed E-state index contributed by atoms with van der Waals surface area (Å²) in [6.07, 6.45) is 0. The van der Waals surface area contributed by atoms with Gasteiger partial charge in [-0.2, -0.15) is 4.39 Å². The van der Waals surface area contributed by atoms with Gasteiger partial charge in [-0.05, 0) is 12.1 Å². The Hall–Kier alpha value is -0.820. The van der Waals surface area contributed by atoms with Crippen molar-refractivity contribution in [1.29, 1.82) is 0 Å². The number of carbonyl (C=O) groups is 1. The van der Waals surface area contributed by atoms with Gasteiger partial charge in [-0.3, -0.25) is 14.9 Å². The summed E-state index contributed by atoms with van der Waals surface area (Å²) in [4.78, 5) is 21.0. The summed E-state index contributed by atoms with van der Waals surface area (Å²) in [5.74, 6) is -1.57. The quantitative estimate of drug-likeness (QED) is 0.367. The van der Waals surface area contributed by atoms with E-state index in [1.54, 1.807) is 0 Å². The number of hydrogen-bond acceptors (Lipinski definition) is 3. The van der Waals surface area contributed by atoms with Crippen LogP contribution in [-0.2, 0) is 0 Å². The van der Waals surface area contributed by atoms with E-state index in [1.165, 1.54) is 6.07 Å². The van der Waals surface area contributed by atoms with E-state index in [0.717, 1.165) is 6.07 Å². The van der Waals surface area contributed by atoms with Gasteiger partial charge in [0.2, 0.25) is 5.82 Å². The summed E-state index contributed by atoms with van der Waals surface area (Å²) in [6, 6.07) is 2.17. The van der Waals surface area contributed by atoms with Gasteiger partial charge in [0, 0.05) is 4.47 Å². The highest BCUT2D eigenvalue weighted by molar-refractivity contribution is 9.10. The monoisotopic (exact) mass is 339 g/mol. The van der Waals surface area contributed by atoms with Crippen LogP contribution in [0.25, 0.3) is 0 Å². The second-order valence-electron chi connectivity index (χ2n) is 2.60. The lowest BCUT2D eigenvalue weighted by Crippen LogP contribution is -2.06. The average molecular weight is 341 g/mol. The van der Waals surface area contributed by atoms with Crippen LogP contribution in [0, 0.1) is 15.9 Å². The van der Waals surface area contributed by atoms with E-state index in [1.807, 2.05) is 0 Å². The Labute approximate surface area is 101 Å². The number of hydrogen-bond donors (Lipinski definition) is 0. The van der Waals surface area contributed by atoms with Crippen molar-refractivity contribution in [3.63, 3.8) is 0 Å². The molecule has 0 saturated heterocycles. The van der Waals surface area contributed by atoms with Crippen LogP contribution in [0.15, 0.2) is 16.6 Å². The van der Waals surface area contributed by atoms with Crippen molar-refractivity contribution in [2.45, 2.75) is 0 Å². The van der Waals surface area contributed by atoms with Gasteiger partial charge in [0.15, 0.2) is 5.78 Å². The van der Waals surface area contributed by atoms with Crippen molar-refractivity contribution in [3.05, 3.63) is 38.1 Å². The molecule has 0 atom stereocenters. The molecule has 0 fully saturated rings. The van der Waals surface area contributed by atoms with Gasteiger partial charge < -0.3 is 0 Å². The first-order chi connectivity index (χ1) is 6.97. The predicted molar refractivity (Wildman–Crippen MR) is 58.9 cm³/mol. The van der Waals surface area contributed by atoms with Gasteiger partial charge in [0.05, 0.1) is 10.3 Å². The van der Waals surface area contributed by atoms with Crippen molar-refractivity contribution >= 4 is 43.3 Å². The third-order valence-corrected chi connectivity index (χ3v) is 2.60. The van der Waals surface area contributed by atoms with Gasteiger partial charge in [-0.25, -0.2) is 0 Å². The van der Waals surface area contributed by atoms with E-state index in [2.05, 4.69) is 31.9 Å². The molecule has 0 aliphatic rings. The highest BCUT2D eigenvalue weighted by Gasteiger charge is 2.25. The summed E-state index contributed by atoms with van der Waals surface area (Å²) < 4.78 is 13.5. The Bertz CT molecular complexity index is 436. The summed E-state index contributed by atoms with van der Waals surface area (Å²) in [5.41, 5.74) is -1.04. The fourth-order valence-electron chi connectivity index (χ4n) is 1.04. The number of alkyl halides is 1. The van der Waals surface area contributed by atoms with Gasteiger partial charge >= 0.3 is 5.69 Å². The molecule has 4 nitrogen and oxygen atoms in total. The maximum Gasteiger partial charge on any atom is 0.315 e. The molecule has 0 radical (unpaired) electrons. The van der Waals surface area contributed by atoms with Crippen LogP contribution in [0.4, 0.5) is 10.1 Å². The largest absolute Gasteiger partial charge is 0.315 e. The first-order valence-electron chi connectivity index (χ1n) is 3.70. The minimum atomic E-state index is -1.03. The number of Topliss-reactive ketones (excluding diaryl/α,β-unsaturated/α-hetero) is 1. The van der Waals surface area contributed by atoms with Crippen LogP contribution in [0.3, 0.4) is 0 Å².